The summed E-state index contributed by atoms with van der Waals surface area (Å²) in [5.74, 6) is -0.901. The summed E-state index contributed by atoms with van der Waals surface area (Å²) in [5.41, 5.74) is 1.82. The summed E-state index contributed by atoms with van der Waals surface area (Å²) in [6.07, 6.45) is 0.700. The minimum Gasteiger partial charge on any atom is -0.497 e. The van der Waals surface area contributed by atoms with Crippen molar-refractivity contribution in [3.8, 4) is 5.75 Å². The van der Waals surface area contributed by atoms with Crippen molar-refractivity contribution in [2.75, 3.05) is 18.0 Å². The van der Waals surface area contributed by atoms with Crippen molar-refractivity contribution < 1.29 is 27.1 Å². The number of halogens is 1. The number of nitrogens with one attached hydrogen (secondary N) is 1. The fraction of sp³-hybridized carbons (Fsp3) is 0.333. The van der Waals surface area contributed by atoms with Gasteiger partial charge in [-0.2, -0.15) is 0 Å². The van der Waals surface area contributed by atoms with Crippen molar-refractivity contribution in [2.45, 2.75) is 57.6 Å². The number of sulfonamides is 1. The Morgan fingerprint density at radius 3 is 2.10 bits per heavy atom. The minimum absolute atomic E-state index is 0.0153. The highest BCUT2D eigenvalue weighted by Gasteiger charge is 2.32. The molecule has 0 bridgehead atoms. The molecule has 0 spiro atoms. The van der Waals surface area contributed by atoms with Crippen LogP contribution in [0.25, 0.3) is 0 Å². The molecular weight excluding hydrogens is 533 g/mol. The van der Waals surface area contributed by atoms with E-state index >= 15 is 0 Å². The van der Waals surface area contributed by atoms with Crippen LogP contribution in [0.1, 0.15) is 38.3 Å². The fourth-order valence-electron chi connectivity index (χ4n) is 3.95. The van der Waals surface area contributed by atoms with Crippen LogP contribution in [-0.2, 0) is 26.2 Å². The third kappa shape index (κ3) is 7.59. The first-order valence-electron chi connectivity index (χ1n) is 13.0. The Bertz CT molecular complexity index is 1390. The molecule has 40 heavy (non-hydrogen) atoms. The van der Waals surface area contributed by atoms with Gasteiger partial charge in [0.05, 0.1) is 17.7 Å². The van der Waals surface area contributed by atoms with Gasteiger partial charge >= 0.3 is 0 Å². The number of nitrogens with zero attached hydrogens (tertiary/aromatic N) is 2. The molecule has 0 unspecified atom stereocenters. The molecule has 10 heteroatoms. The number of rotatable bonds is 12. The van der Waals surface area contributed by atoms with Gasteiger partial charge < -0.3 is 15.0 Å². The van der Waals surface area contributed by atoms with E-state index in [0.717, 1.165) is 9.87 Å². The predicted molar refractivity (Wildman–Crippen MR) is 153 cm³/mol. The predicted octanol–water partition coefficient (Wildman–Crippen LogP) is 4.67. The lowest BCUT2D eigenvalue weighted by atomic mass is 10.1. The zero-order chi connectivity index (χ0) is 29.4. The largest absolute Gasteiger partial charge is 0.497 e. The second kappa shape index (κ2) is 13.4. The SMILES string of the molecule is CC[C@@H](C)NC(=O)[C@@H](C)N(Cc1ccc(F)cc1)C(=O)CN(c1ccc(C)cc1)S(=O)(=O)c1ccc(OC)cc1. The monoisotopic (exact) mass is 569 g/mol. The van der Waals surface area contributed by atoms with Gasteiger partial charge in [0, 0.05) is 12.6 Å². The molecule has 3 rings (SSSR count). The molecule has 0 radical (unpaired) electrons. The number of hydrogen-bond donors (Lipinski definition) is 1. The maximum Gasteiger partial charge on any atom is 0.264 e. The molecule has 2 amide bonds. The van der Waals surface area contributed by atoms with Crippen molar-refractivity contribution >= 4 is 27.5 Å². The van der Waals surface area contributed by atoms with Crippen LogP contribution in [0.2, 0.25) is 0 Å². The van der Waals surface area contributed by atoms with Gasteiger partial charge in [-0.25, -0.2) is 12.8 Å². The van der Waals surface area contributed by atoms with Crippen LogP contribution in [-0.4, -0.2) is 50.9 Å². The Morgan fingerprint density at radius 1 is 0.950 bits per heavy atom. The van der Waals surface area contributed by atoms with E-state index in [-0.39, 0.29) is 23.4 Å². The highest BCUT2D eigenvalue weighted by atomic mass is 32.2. The Labute approximate surface area is 235 Å². The molecule has 0 aliphatic heterocycles. The molecule has 1 N–H and O–H groups in total. The third-order valence-electron chi connectivity index (χ3n) is 6.68. The Hall–Kier alpha value is -3.92. The van der Waals surface area contributed by atoms with Gasteiger partial charge in [0.25, 0.3) is 10.0 Å². The molecule has 0 aliphatic rings. The molecule has 0 fully saturated rings. The van der Waals surface area contributed by atoms with Crippen LogP contribution in [0.5, 0.6) is 5.75 Å². The van der Waals surface area contributed by atoms with Crippen LogP contribution in [0.3, 0.4) is 0 Å². The summed E-state index contributed by atoms with van der Waals surface area (Å²) in [5, 5.41) is 2.88. The van der Waals surface area contributed by atoms with E-state index < -0.39 is 34.3 Å². The number of methoxy groups -OCH3 is 1. The Morgan fingerprint density at radius 2 is 1.55 bits per heavy atom. The maximum absolute atomic E-state index is 13.9. The quantitative estimate of drug-likeness (QED) is 0.342. The second-order valence-electron chi connectivity index (χ2n) is 9.66. The zero-order valence-electron chi connectivity index (χ0n) is 23.4. The standard InChI is InChI=1S/C30H36FN3O5S/c1-6-22(3)32-30(36)23(4)33(19-24-9-11-25(31)12-10-24)29(35)20-34(26-13-7-21(2)8-14-26)40(37,38)28-17-15-27(39-5)16-18-28/h7-18,22-23H,6,19-20H2,1-5H3,(H,32,36)/t22-,23-/m1/s1. The molecule has 0 saturated carbocycles. The number of anilines is 1. The van der Waals surface area contributed by atoms with E-state index in [4.69, 9.17) is 4.74 Å². The molecule has 0 aromatic heterocycles. The number of carbonyl (C=O) groups excluding carboxylic acids is 2. The van der Waals surface area contributed by atoms with E-state index in [2.05, 4.69) is 5.32 Å². The molecular formula is C30H36FN3O5S. The first kappa shape index (κ1) is 30.6. The lowest BCUT2D eigenvalue weighted by Gasteiger charge is -2.32. The van der Waals surface area contributed by atoms with Crippen LogP contribution in [0.4, 0.5) is 10.1 Å². The van der Waals surface area contributed by atoms with E-state index in [9.17, 15) is 22.4 Å². The van der Waals surface area contributed by atoms with Gasteiger partial charge in [-0.3, -0.25) is 13.9 Å². The summed E-state index contributed by atoms with van der Waals surface area (Å²) in [7, 11) is -2.71. The number of aryl methyl sites for hydroxylation is 1. The lowest BCUT2D eigenvalue weighted by Crippen LogP contribution is -2.52. The highest BCUT2D eigenvalue weighted by molar-refractivity contribution is 7.92. The van der Waals surface area contributed by atoms with Gasteiger partial charge in [-0.15, -0.1) is 0 Å². The molecule has 0 heterocycles. The van der Waals surface area contributed by atoms with Crippen LogP contribution in [0, 0.1) is 12.7 Å². The van der Waals surface area contributed by atoms with Gasteiger partial charge in [-0.1, -0.05) is 36.8 Å². The van der Waals surface area contributed by atoms with Gasteiger partial charge in [0.2, 0.25) is 11.8 Å². The van der Waals surface area contributed by atoms with Gasteiger partial charge in [0.1, 0.15) is 24.2 Å². The van der Waals surface area contributed by atoms with Crippen LogP contribution < -0.4 is 14.4 Å². The smallest absolute Gasteiger partial charge is 0.264 e. The lowest BCUT2D eigenvalue weighted by molar-refractivity contribution is -0.139. The van der Waals surface area contributed by atoms with Crippen molar-refractivity contribution in [3.05, 3.63) is 89.7 Å². The highest BCUT2D eigenvalue weighted by Crippen LogP contribution is 2.26. The Kier molecular flexibility index (Phi) is 10.3. The molecule has 8 nitrogen and oxygen atoms in total. The molecule has 0 saturated heterocycles. The van der Waals surface area contributed by atoms with Gasteiger partial charge in [-0.05, 0) is 81.3 Å². The van der Waals surface area contributed by atoms with Gasteiger partial charge in [0.15, 0.2) is 0 Å². The number of ether oxygens (including phenoxy) is 1. The molecule has 3 aromatic rings. The first-order valence-corrected chi connectivity index (χ1v) is 14.5. The zero-order valence-corrected chi connectivity index (χ0v) is 24.2. The number of hydrogen-bond acceptors (Lipinski definition) is 5. The Balaban J connectivity index is 2.01. The second-order valence-corrected chi connectivity index (χ2v) is 11.5. The number of carbonyl (C=O) groups is 2. The fourth-order valence-corrected chi connectivity index (χ4v) is 5.36. The normalized spacial score (nSPS) is 12.8. The van der Waals surface area contributed by atoms with E-state index in [1.54, 1.807) is 31.2 Å². The first-order chi connectivity index (χ1) is 19.0. The van der Waals surface area contributed by atoms with E-state index in [1.807, 2.05) is 20.8 Å². The molecule has 214 valence electrons. The number of amides is 2. The number of benzene rings is 3. The maximum atomic E-state index is 13.9. The van der Waals surface area contributed by atoms with Crippen molar-refractivity contribution in [1.82, 2.24) is 10.2 Å². The van der Waals surface area contributed by atoms with E-state index in [0.29, 0.717) is 23.4 Å². The third-order valence-corrected chi connectivity index (χ3v) is 8.47. The molecule has 3 aromatic carbocycles. The molecule has 2 atom stereocenters. The van der Waals surface area contributed by atoms with Crippen LogP contribution in [0.15, 0.2) is 77.7 Å². The van der Waals surface area contributed by atoms with Crippen molar-refractivity contribution in [3.63, 3.8) is 0 Å². The minimum atomic E-state index is -4.19. The van der Waals surface area contributed by atoms with Crippen molar-refractivity contribution in [1.29, 1.82) is 0 Å². The summed E-state index contributed by atoms with van der Waals surface area (Å²) >= 11 is 0. The van der Waals surface area contributed by atoms with Crippen LogP contribution >= 0.6 is 0 Å². The summed E-state index contributed by atoms with van der Waals surface area (Å²) in [6, 6.07) is 17.2. The van der Waals surface area contributed by atoms with E-state index in [1.165, 1.54) is 60.5 Å². The molecule has 0 aliphatic carbocycles. The summed E-state index contributed by atoms with van der Waals surface area (Å²) < 4.78 is 47.4. The average molecular weight is 570 g/mol. The topological polar surface area (TPSA) is 96.0 Å². The summed E-state index contributed by atoms with van der Waals surface area (Å²) in [6.45, 7) is 6.68. The van der Waals surface area contributed by atoms with Crippen molar-refractivity contribution in [2.24, 2.45) is 0 Å². The average Bonchev–Trinajstić information content (AvgIpc) is 2.95. The summed E-state index contributed by atoms with van der Waals surface area (Å²) in [4.78, 5) is 28.3.